The van der Waals surface area contributed by atoms with Gasteiger partial charge in [-0.15, -0.1) is 0 Å². The smallest absolute Gasteiger partial charge is 0.390 e. The number of hydrogen-bond donors (Lipinski definition) is 1. The standard InChI is InChI=1S/C11H13ClF3NO2/c1-17-9-3-6(7(12)4-10(9)18-2)8(16)5-11(13,14)15/h3-4,8H,5,16H2,1-2H3. The van der Waals surface area contributed by atoms with Crippen molar-refractivity contribution in [1.29, 1.82) is 0 Å². The molecule has 0 saturated heterocycles. The largest absolute Gasteiger partial charge is 0.493 e. The van der Waals surface area contributed by atoms with Gasteiger partial charge in [0.05, 0.1) is 20.6 Å². The van der Waals surface area contributed by atoms with Gasteiger partial charge in [0.25, 0.3) is 0 Å². The Hall–Kier alpha value is -1.14. The van der Waals surface area contributed by atoms with Crippen LogP contribution in [0.3, 0.4) is 0 Å². The van der Waals surface area contributed by atoms with Crippen LogP contribution in [0.4, 0.5) is 13.2 Å². The highest BCUT2D eigenvalue weighted by Gasteiger charge is 2.32. The molecule has 0 aliphatic heterocycles. The molecule has 0 aromatic heterocycles. The monoisotopic (exact) mass is 283 g/mol. The number of hydrogen-bond acceptors (Lipinski definition) is 3. The number of nitrogens with two attached hydrogens (primary N) is 1. The zero-order valence-corrected chi connectivity index (χ0v) is 10.6. The van der Waals surface area contributed by atoms with E-state index in [9.17, 15) is 13.2 Å². The normalized spacial score (nSPS) is 13.3. The van der Waals surface area contributed by atoms with E-state index in [1.165, 1.54) is 26.4 Å². The van der Waals surface area contributed by atoms with Crippen molar-refractivity contribution >= 4 is 11.6 Å². The maximum atomic E-state index is 12.3. The summed E-state index contributed by atoms with van der Waals surface area (Å²) in [5.74, 6) is 0.625. The molecule has 1 unspecified atom stereocenters. The fourth-order valence-electron chi connectivity index (χ4n) is 1.51. The maximum absolute atomic E-state index is 12.3. The van der Waals surface area contributed by atoms with Crippen molar-refractivity contribution in [2.24, 2.45) is 5.73 Å². The maximum Gasteiger partial charge on any atom is 0.390 e. The van der Waals surface area contributed by atoms with Crippen LogP contribution in [-0.4, -0.2) is 20.4 Å². The Kier molecular flexibility index (Phi) is 4.70. The highest BCUT2D eigenvalue weighted by atomic mass is 35.5. The molecule has 0 saturated carbocycles. The molecule has 7 heteroatoms. The number of rotatable bonds is 4. The van der Waals surface area contributed by atoms with Crippen LogP contribution in [0.25, 0.3) is 0 Å². The minimum absolute atomic E-state index is 0.115. The van der Waals surface area contributed by atoms with Crippen molar-refractivity contribution in [2.45, 2.75) is 18.6 Å². The zero-order valence-electron chi connectivity index (χ0n) is 9.84. The average Bonchev–Trinajstić information content (AvgIpc) is 2.26. The second-order valence-electron chi connectivity index (χ2n) is 3.65. The summed E-state index contributed by atoms with van der Waals surface area (Å²) in [5.41, 5.74) is 5.67. The van der Waals surface area contributed by atoms with Crippen LogP contribution in [0, 0.1) is 0 Å². The lowest BCUT2D eigenvalue weighted by Gasteiger charge is -2.18. The molecule has 0 radical (unpaired) electrons. The fourth-order valence-corrected chi connectivity index (χ4v) is 1.81. The van der Waals surface area contributed by atoms with Gasteiger partial charge in [-0.05, 0) is 11.6 Å². The average molecular weight is 284 g/mol. The van der Waals surface area contributed by atoms with Gasteiger partial charge in [0.2, 0.25) is 0 Å². The Bertz CT molecular complexity index is 423. The quantitative estimate of drug-likeness (QED) is 0.922. The molecule has 1 rings (SSSR count). The molecule has 0 heterocycles. The molecule has 1 aromatic rings. The number of halogens is 4. The van der Waals surface area contributed by atoms with Gasteiger partial charge in [-0.3, -0.25) is 0 Å². The van der Waals surface area contributed by atoms with E-state index in [2.05, 4.69) is 0 Å². The molecule has 0 fully saturated rings. The van der Waals surface area contributed by atoms with Crippen LogP contribution in [0.5, 0.6) is 11.5 Å². The molecule has 1 atom stereocenters. The third kappa shape index (κ3) is 3.68. The summed E-state index contributed by atoms with van der Waals surface area (Å²) in [6.45, 7) is 0. The highest BCUT2D eigenvalue weighted by molar-refractivity contribution is 6.31. The van der Waals surface area contributed by atoms with E-state index in [0.29, 0.717) is 5.75 Å². The van der Waals surface area contributed by atoms with Crippen LogP contribution >= 0.6 is 11.6 Å². The Balaban J connectivity index is 3.09. The molecule has 0 aliphatic rings. The first-order valence-corrected chi connectivity index (χ1v) is 5.40. The third-order valence-electron chi connectivity index (χ3n) is 2.35. The van der Waals surface area contributed by atoms with Crippen molar-refractivity contribution in [1.82, 2.24) is 0 Å². The highest BCUT2D eigenvalue weighted by Crippen LogP contribution is 2.38. The minimum Gasteiger partial charge on any atom is -0.493 e. The molecule has 0 spiro atoms. The van der Waals surface area contributed by atoms with Crippen molar-refractivity contribution < 1.29 is 22.6 Å². The molecule has 0 amide bonds. The number of benzene rings is 1. The lowest BCUT2D eigenvalue weighted by molar-refractivity contribution is -0.138. The Morgan fingerprint density at radius 1 is 1.22 bits per heavy atom. The zero-order chi connectivity index (χ0) is 13.9. The molecular formula is C11H13ClF3NO2. The van der Waals surface area contributed by atoms with Crippen LogP contribution in [0.1, 0.15) is 18.0 Å². The van der Waals surface area contributed by atoms with Crippen LogP contribution in [0.15, 0.2) is 12.1 Å². The predicted octanol–water partition coefficient (Wildman–Crippen LogP) is 3.31. The lowest BCUT2D eigenvalue weighted by atomic mass is 10.0. The molecule has 102 valence electrons. The van der Waals surface area contributed by atoms with Gasteiger partial charge in [-0.1, -0.05) is 11.6 Å². The van der Waals surface area contributed by atoms with Crippen molar-refractivity contribution in [3.05, 3.63) is 22.7 Å². The molecular weight excluding hydrogens is 271 g/mol. The number of methoxy groups -OCH3 is 2. The van der Waals surface area contributed by atoms with Gasteiger partial charge in [0.1, 0.15) is 0 Å². The van der Waals surface area contributed by atoms with E-state index in [1.807, 2.05) is 0 Å². The summed E-state index contributed by atoms with van der Waals surface area (Å²) in [6.07, 6.45) is -5.50. The van der Waals surface area contributed by atoms with Gasteiger partial charge < -0.3 is 15.2 Å². The second-order valence-corrected chi connectivity index (χ2v) is 4.06. The summed E-state index contributed by atoms with van der Waals surface area (Å²) in [6, 6.07) is 1.50. The van der Waals surface area contributed by atoms with Crippen LogP contribution in [0.2, 0.25) is 5.02 Å². The number of ether oxygens (including phenoxy) is 2. The van der Waals surface area contributed by atoms with Gasteiger partial charge in [0.15, 0.2) is 11.5 Å². The molecule has 18 heavy (non-hydrogen) atoms. The first-order valence-electron chi connectivity index (χ1n) is 5.02. The minimum atomic E-state index is -4.35. The fraction of sp³-hybridized carbons (Fsp3) is 0.455. The van der Waals surface area contributed by atoms with E-state index in [4.69, 9.17) is 26.8 Å². The van der Waals surface area contributed by atoms with Crippen LogP contribution in [-0.2, 0) is 0 Å². The van der Waals surface area contributed by atoms with Gasteiger partial charge in [-0.2, -0.15) is 13.2 Å². The molecule has 0 bridgehead atoms. The van der Waals surface area contributed by atoms with E-state index in [0.717, 1.165) is 0 Å². The molecule has 3 nitrogen and oxygen atoms in total. The molecule has 0 aliphatic carbocycles. The Morgan fingerprint density at radius 3 is 2.17 bits per heavy atom. The summed E-state index contributed by atoms with van der Waals surface area (Å²) in [4.78, 5) is 0. The molecule has 1 aromatic carbocycles. The molecule has 2 N–H and O–H groups in total. The first-order chi connectivity index (χ1) is 8.28. The van der Waals surface area contributed by atoms with Crippen molar-refractivity contribution in [3.8, 4) is 11.5 Å². The summed E-state index contributed by atoms with van der Waals surface area (Å²) in [7, 11) is 2.79. The van der Waals surface area contributed by atoms with Gasteiger partial charge in [0, 0.05) is 17.1 Å². The van der Waals surface area contributed by atoms with E-state index >= 15 is 0 Å². The van der Waals surface area contributed by atoms with Gasteiger partial charge in [-0.25, -0.2) is 0 Å². The third-order valence-corrected chi connectivity index (χ3v) is 2.68. The summed E-state index contributed by atoms with van der Waals surface area (Å²) >= 11 is 5.88. The SMILES string of the molecule is COc1cc(Cl)c(C(N)CC(F)(F)F)cc1OC. The van der Waals surface area contributed by atoms with Crippen molar-refractivity contribution in [2.75, 3.05) is 14.2 Å². The summed E-state index contributed by atoms with van der Waals surface area (Å²) < 4.78 is 46.8. The van der Waals surface area contributed by atoms with E-state index < -0.39 is 18.6 Å². The number of alkyl halides is 3. The van der Waals surface area contributed by atoms with E-state index in [1.54, 1.807) is 0 Å². The Morgan fingerprint density at radius 2 is 1.72 bits per heavy atom. The lowest BCUT2D eigenvalue weighted by Crippen LogP contribution is -2.20. The van der Waals surface area contributed by atoms with E-state index in [-0.39, 0.29) is 16.3 Å². The predicted molar refractivity (Wildman–Crippen MR) is 62.2 cm³/mol. The van der Waals surface area contributed by atoms with Crippen LogP contribution < -0.4 is 15.2 Å². The first kappa shape index (κ1) is 14.9. The topological polar surface area (TPSA) is 44.5 Å². The van der Waals surface area contributed by atoms with Crippen molar-refractivity contribution in [3.63, 3.8) is 0 Å². The van der Waals surface area contributed by atoms with Gasteiger partial charge >= 0.3 is 6.18 Å². The Labute approximate surface area is 108 Å². The summed E-state index contributed by atoms with van der Waals surface area (Å²) in [5, 5.41) is 0.115. The second kappa shape index (κ2) is 5.67.